The minimum Gasteiger partial charge on any atom is -0.390 e. The average molecular weight is 158 g/mol. The summed E-state index contributed by atoms with van der Waals surface area (Å²) in [5, 5.41) is 11.3. The highest BCUT2D eigenvalue weighted by Crippen LogP contribution is 2.47. The number of fused-ring (bicyclic) bond motifs is 2. The molecule has 2 bridgehead atoms. The van der Waals surface area contributed by atoms with Gasteiger partial charge in [-0.3, -0.25) is 0 Å². The standard InChI is InChI=1S/C8H14OS/c1-8(9)4-6-2-3-7(5-8)10-6/h6-7,9H,2-5H2,1H3/t6-,7+,8+. The van der Waals surface area contributed by atoms with Crippen molar-refractivity contribution in [3.8, 4) is 0 Å². The quantitative estimate of drug-likeness (QED) is 0.580. The minimum absolute atomic E-state index is 0.336. The number of aliphatic hydroxyl groups is 1. The molecule has 0 aliphatic carbocycles. The van der Waals surface area contributed by atoms with Crippen LogP contribution in [0.4, 0.5) is 0 Å². The van der Waals surface area contributed by atoms with Crippen molar-refractivity contribution in [2.45, 2.75) is 48.7 Å². The Bertz CT molecular complexity index is 130. The molecule has 58 valence electrons. The Balaban J connectivity index is 2.09. The van der Waals surface area contributed by atoms with Crippen LogP contribution in [0.5, 0.6) is 0 Å². The maximum Gasteiger partial charge on any atom is 0.0640 e. The lowest BCUT2D eigenvalue weighted by Crippen LogP contribution is -2.33. The smallest absolute Gasteiger partial charge is 0.0640 e. The first-order valence-electron chi connectivity index (χ1n) is 4.04. The van der Waals surface area contributed by atoms with Gasteiger partial charge in [-0.1, -0.05) is 0 Å². The summed E-state index contributed by atoms with van der Waals surface area (Å²) in [4.78, 5) is 0. The van der Waals surface area contributed by atoms with Gasteiger partial charge < -0.3 is 5.11 Å². The van der Waals surface area contributed by atoms with Gasteiger partial charge in [0.15, 0.2) is 0 Å². The van der Waals surface area contributed by atoms with E-state index in [1.54, 1.807) is 0 Å². The van der Waals surface area contributed by atoms with Crippen LogP contribution in [0.25, 0.3) is 0 Å². The zero-order chi connectivity index (χ0) is 7.19. The van der Waals surface area contributed by atoms with Gasteiger partial charge in [0.2, 0.25) is 0 Å². The molecule has 10 heavy (non-hydrogen) atoms. The minimum atomic E-state index is -0.336. The van der Waals surface area contributed by atoms with Crippen molar-refractivity contribution >= 4 is 11.8 Å². The van der Waals surface area contributed by atoms with Crippen LogP contribution in [0.15, 0.2) is 0 Å². The van der Waals surface area contributed by atoms with E-state index in [9.17, 15) is 5.11 Å². The van der Waals surface area contributed by atoms with E-state index in [-0.39, 0.29) is 5.60 Å². The van der Waals surface area contributed by atoms with Crippen LogP contribution in [0.2, 0.25) is 0 Å². The fourth-order valence-electron chi connectivity index (χ4n) is 2.14. The van der Waals surface area contributed by atoms with Crippen LogP contribution in [0, 0.1) is 0 Å². The topological polar surface area (TPSA) is 20.2 Å². The fraction of sp³-hybridized carbons (Fsp3) is 1.00. The first kappa shape index (κ1) is 6.99. The monoisotopic (exact) mass is 158 g/mol. The first-order chi connectivity index (χ1) is 4.66. The summed E-state index contributed by atoms with van der Waals surface area (Å²) in [6.07, 6.45) is 4.72. The second kappa shape index (κ2) is 2.15. The van der Waals surface area contributed by atoms with Gasteiger partial charge in [0, 0.05) is 10.5 Å². The van der Waals surface area contributed by atoms with Crippen molar-refractivity contribution < 1.29 is 5.11 Å². The van der Waals surface area contributed by atoms with Crippen molar-refractivity contribution in [3.05, 3.63) is 0 Å². The molecule has 0 spiro atoms. The third-order valence-electron chi connectivity index (χ3n) is 2.53. The van der Waals surface area contributed by atoms with Crippen LogP contribution >= 0.6 is 11.8 Å². The van der Waals surface area contributed by atoms with Gasteiger partial charge in [0.05, 0.1) is 5.60 Å². The number of hydrogen-bond acceptors (Lipinski definition) is 2. The molecule has 2 saturated heterocycles. The predicted molar refractivity (Wildman–Crippen MR) is 44.3 cm³/mol. The van der Waals surface area contributed by atoms with Crippen molar-refractivity contribution in [3.63, 3.8) is 0 Å². The molecule has 0 saturated carbocycles. The Morgan fingerprint density at radius 3 is 2.30 bits per heavy atom. The van der Waals surface area contributed by atoms with E-state index in [4.69, 9.17) is 0 Å². The normalized spacial score (nSPS) is 53.4. The van der Waals surface area contributed by atoms with Gasteiger partial charge in [0.25, 0.3) is 0 Å². The van der Waals surface area contributed by atoms with E-state index in [2.05, 4.69) is 11.8 Å². The molecule has 2 aliphatic rings. The zero-order valence-electron chi connectivity index (χ0n) is 6.34. The predicted octanol–water partition coefficient (Wildman–Crippen LogP) is 1.80. The van der Waals surface area contributed by atoms with Crippen molar-refractivity contribution in [2.75, 3.05) is 0 Å². The van der Waals surface area contributed by atoms with Gasteiger partial charge in [-0.25, -0.2) is 0 Å². The van der Waals surface area contributed by atoms with Crippen LogP contribution < -0.4 is 0 Å². The fourth-order valence-corrected chi connectivity index (χ4v) is 4.14. The van der Waals surface area contributed by atoms with E-state index in [0.29, 0.717) is 0 Å². The van der Waals surface area contributed by atoms with E-state index in [1.807, 2.05) is 6.92 Å². The summed E-state index contributed by atoms with van der Waals surface area (Å²) in [6, 6.07) is 0. The molecule has 0 aromatic rings. The Labute approximate surface area is 66.2 Å². The van der Waals surface area contributed by atoms with Gasteiger partial charge in [-0.2, -0.15) is 11.8 Å². The molecular formula is C8H14OS. The van der Waals surface area contributed by atoms with Gasteiger partial charge >= 0.3 is 0 Å². The lowest BCUT2D eigenvalue weighted by Gasteiger charge is -2.32. The maximum atomic E-state index is 9.74. The molecule has 1 nitrogen and oxygen atoms in total. The molecule has 2 aliphatic heterocycles. The molecule has 1 N–H and O–H groups in total. The Morgan fingerprint density at radius 1 is 1.30 bits per heavy atom. The number of hydrogen-bond donors (Lipinski definition) is 1. The lowest BCUT2D eigenvalue weighted by atomic mass is 9.96. The van der Waals surface area contributed by atoms with Gasteiger partial charge in [-0.15, -0.1) is 0 Å². The zero-order valence-corrected chi connectivity index (χ0v) is 7.16. The van der Waals surface area contributed by atoms with E-state index in [0.717, 1.165) is 23.3 Å². The third-order valence-corrected chi connectivity index (χ3v) is 4.10. The highest BCUT2D eigenvalue weighted by atomic mass is 32.2. The summed E-state index contributed by atoms with van der Waals surface area (Å²) in [6.45, 7) is 1.98. The summed E-state index contributed by atoms with van der Waals surface area (Å²) in [7, 11) is 0. The summed E-state index contributed by atoms with van der Waals surface area (Å²) in [5.74, 6) is 0. The Morgan fingerprint density at radius 2 is 1.80 bits per heavy atom. The van der Waals surface area contributed by atoms with E-state index >= 15 is 0 Å². The third kappa shape index (κ3) is 1.19. The SMILES string of the molecule is C[C@]1(O)C[C@H]2CC[C@@H](C1)S2. The Hall–Kier alpha value is 0.310. The van der Waals surface area contributed by atoms with Crippen molar-refractivity contribution in [1.29, 1.82) is 0 Å². The average Bonchev–Trinajstić information content (AvgIpc) is 2.08. The van der Waals surface area contributed by atoms with Crippen LogP contribution in [-0.4, -0.2) is 21.2 Å². The molecule has 2 heteroatoms. The van der Waals surface area contributed by atoms with E-state index < -0.39 is 0 Å². The van der Waals surface area contributed by atoms with Crippen molar-refractivity contribution in [2.24, 2.45) is 0 Å². The lowest BCUT2D eigenvalue weighted by molar-refractivity contribution is 0.0433. The van der Waals surface area contributed by atoms with Crippen LogP contribution in [-0.2, 0) is 0 Å². The second-order valence-corrected chi connectivity index (χ2v) is 5.47. The van der Waals surface area contributed by atoms with Gasteiger partial charge in [-0.05, 0) is 32.6 Å². The first-order valence-corrected chi connectivity index (χ1v) is 4.98. The molecule has 0 radical (unpaired) electrons. The largest absolute Gasteiger partial charge is 0.390 e. The molecule has 3 atom stereocenters. The molecular weight excluding hydrogens is 144 g/mol. The highest BCUT2D eigenvalue weighted by molar-refractivity contribution is 8.00. The second-order valence-electron chi connectivity index (χ2n) is 3.86. The summed E-state index contributed by atoms with van der Waals surface area (Å²) in [5.41, 5.74) is -0.336. The summed E-state index contributed by atoms with van der Waals surface area (Å²) >= 11 is 2.09. The van der Waals surface area contributed by atoms with Gasteiger partial charge in [0.1, 0.15) is 0 Å². The maximum absolute atomic E-state index is 9.74. The molecule has 2 rings (SSSR count). The molecule has 2 heterocycles. The molecule has 0 amide bonds. The Kier molecular flexibility index (Phi) is 1.50. The van der Waals surface area contributed by atoms with E-state index in [1.165, 1.54) is 12.8 Å². The number of thioether (sulfide) groups is 1. The highest BCUT2D eigenvalue weighted by Gasteiger charge is 2.40. The molecule has 0 unspecified atom stereocenters. The summed E-state index contributed by atoms with van der Waals surface area (Å²) < 4.78 is 0. The van der Waals surface area contributed by atoms with Crippen LogP contribution in [0.1, 0.15) is 32.6 Å². The number of rotatable bonds is 0. The molecule has 0 aromatic carbocycles. The molecule has 2 fully saturated rings. The van der Waals surface area contributed by atoms with Crippen LogP contribution in [0.3, 0.4) is 0 Å². The molecule has 0 aromatic heterocycles. The van der Waals surface area contributed by atoms with Crippen molar-refractivity contribution in [1.82, 2.24) is 0 Å².